The molecule has 10 nitrogen and oxygen atoms in total. The zero-order valence-electron chi connectivity index (χ0n) is 18.3. The molecule has 2 fully saturated rings. The average molecular weight is 483 g/mol. The molecule has 7 N–H and O–H groups in total. The molecule has 0 bridgehead atoms. The number of methoxy groups -OCH3 is 1. The number of ether oxygens (including phenoxy) is 2. The van der Waals surface area contributed by atoms with Gasteiger partial charge in [-0.25, -0.2) is 5.32 Å². The maximum Gasteiger partial charge on any atom is 0.268 e. The Morgan fingerprint density at radius 1 is 1.12 bits per heavy atom. The molecule has 182 valence electrons. The quantitative estimate of drug-likeness (QED) is 0.271. The molecule has 2 aromatic heterocycles. The highest BCUT2D eigenvalue weighted by molar-refractivity contribution is 7.10. The van der Waals surface area contributed by atoms with Crippen molar-refractivity contribution in [1.29, 1.82) is 0 Å². The van der Waals surface area contributed by atoms with Gasteiger partial charge in [-0.3, -0.25) is 4.98 Å². The summed E-state index contributed by atoms with van der Waals surface area (Å²) >= 11 is 0.981. The minimum absolute atomic E-state index is 0.0117. The maximum atomic E-state index is 10.9. The number of pyridine rings is 1. The lowest BCUT2D eigenvalue weighted by Crippen LogP contribution is -2.60. The molecule has 0 amide bonds. The number of nitrogens with zero attached hydrogens (tertiary/aromatic N) is 1. The molecule has 1 saturated heterocycles. The lowest BCUT2D eigenvalue weighted by molar-refractivity contribution is -0.301. The summed E-state index contributed by atoms with van der Waals surface area (Å²) in [6.07, 6.45) is 2.37. The third-order valence-electron chi connectivity index (χ3n) is 6.57. The molecule has 1 unspecified atom stereocenters. The third-order valence-corrected chi connectivity index (χ3v) is 7.56. The second-order valence-corrected chi connectivity index (χ2v) is 10.1. The van der Waals surface area contributed by atoms with E-state index < -0.39 is 28.6 Å². The molecule has 1 spiro atoms. The van der Waals surface area contributed by atoms with E-state index in [1.54, 1.807) is 29.8 Å². The first-order chi connectivity index (χ1) is 15.4. The molecule has 33 heavy (non-hydrogen) atoms. The summed E-state index contributed by atoms with van der Waals surface area (Å²) < 4.78 is 11.1. The van der Waals surface area contributed by atoms with Gasteiger partial charge in [0.25, 0.3) is 5.91 Å². The molecule has 1 aliphatic carbocycles. The summed E-state index contributed by atoms with van der Waals surface area (Å²) in [5.41, 5.74) is -1.25. The van der Waals surface area contributed by atoms with Gasteiger partial charge in [0.1, 0.15) is 10.6 Å². The van der Waals surface area contributed by atoms with Gasteiger partial charge in [0.15, 0.2) is 5.79 Å². The van der Waals surface area contributed by atoms with E-state index in [4.69, 9.17) is 9.47 Å². The number of aromatic nitrogens is 1. The normalized spacial score (nSPS) is 27.7. The summed E-state index contributed by atoms with van der Waals surface area (Å²) in [7, 11) is 1.37. The van der Waals surface area contributed by atoms with Crippen LogP contribution in [-0.4, -0.2) is 66.6 Å². The molecule has 1 aliphatic heterocycles. The van der Waals surface area contributed by atoms with Crippen molar-refractivity contribution in [1.82, 2.24) is 10.3 Å². The average Bonchev–Trinajstić information content (AvgIpc) is 3.32. The molecule has 0 radical (unpaired) electrons. The number of hydrogen-bond donors (Lipinski definition) is 7. The van der Waals surface area contributed by atoms with Crippen LogP contribution in [0.3, 0.4) is 0 Å². The molecule has 1 saturated carbocycles. The van der Waals surface area contributed by atoms with Gasteiger partial charge >= 0.3 is 0 Å². The van der Waals surface area contributed by atoms with E-state index in [1.807, 2.05) is 0 Å². The molecule has 2 aromatic rings. The number of thiophene rings is 1. The van der Waals surface area contributed by atoms with E-state index in [0.717, 1.165) is 11.3 Å². The Hall–Kier alpha value is -1.67. The van der Waals surface area contributed by atoms with Crippen molar-refractivity contribution < 1.29 is 40.1 Å². The van der Waals surface area contributed by atoms with Crippen molar-refractivity contribution in [2.45, 2.75) is 67.2 Å². The Kier molecular flexibility index (Phi) is 6.32. The fourth-order valence-electron chi connectivity index (χ4n) is 5.31. The van der Waals surface area contributed by atoms with Gasteiger partial charge in [0, 0.05) is 43.2 Å². The van der Waals surface area contributed by atoms with Crippen LogP contribution in [0.15, 0.2) is 35.8 Å². The third kappa shape index (κ3) is 5.06. The summed E-state index contributed by atoms with van der Waals surface area (Å²) in [5.74, 6) is -7.19. The second-order valence-electron chi connectivity index (χ2n) is 9.22. The van der Waals surface area contributed by atoms with Gasteiger partial charge < -0.3 is 40.1 Å². The van der Waals surface area contributed by atoms with Crippen LogP contribution >= 0.6 is 11.3 Å². The highest BCUT2D eigenvalue weighted by atomic mass is 32.1. The molecule has 3 heterocycles. The molecular weight excluding hydrogens is 452 g/mol. The largest absolute Gasteiger partial charge is 0.495 e. The summed E-state index contributed by atoms with van der Waals surface area (Å²) in [6, 6.07) is 6.83. The molecule has 2 aliphatic rings. The van der Waals surface area contributed by atoms with Crippen molar-refractivity contribution in [3.05, 3.63) is 46.4 Å². The molecular formula is C22H30N2O8S. The zero-order chi connectivity index (χ0) is 24.0. The Labute approximate surface area is 195 Å². The minimum atomic E-state index is -2.78. The van der Waals surface area contributed by atoms with Crippen LogP contribution in [0.5, 0.6) is 5.75 Å². The first kappa shape index (κ1) is 24.5. The zero-order valence-corrected chi connectivity index (χ0v) is 19.1. The van der Waals surface area contributed by atoms with E-state index in [1.165, 1.54) is 13.2 Å². The van der Waals surface area contributed by atoms with E-state index in [-0.39, 0.29) is 42.9 Å². The number of hydrogen-bond acceptors (Lipinski definition) is 11. The highest BCUT2D eigenvalue weighted by Gasteiger charge is 2.57. The van der Waals surface area contributed by atoms with E-state index in [0.29, 0.717) is 18.5 Å². The fourth-order valence-corrected chi connectivity index (χ4v) is 6.13. The van der Waals surface area contributed by atoms with Gasteiger partial charge in [-0.05, 0) is 42.8 Å². The monoisotopic (exact) mass is 482 g/mol. The van der Waals surface area contributed by atoms with Crippen LogP contribution in [0.1, 0.15) is 49.1 Å². The van der Waals surface area contributed by atoms with Crippen molar-refractivity contribution in [3.63, 3.8) is 0 Å². The topological polar surface area (TPSA) is 165 Å². The SMILES string of the molecule is COc1ccsc1C(O)(O)NC(O)(O)C[C@@]1(c2ccccn2)CCOC2(CCC(O)(O)C2)C1. The van der Waals surface area contributed by atoms with Crippen LogP contribution in [0.25, 0.3) is 0 Å². The Balaban J connectivity index is 1.65. The summed E-state index contributed by atoms with van der Waals surface area (Å²) in [4.78, 5) is 4.42. The molecule has 2 atom stereocenters. The number of rotatable bonds is 7. The summed E-state index contributed by atoms with van der Waals surface area (Å²) in [5, 5.41) is 67.2. The van der Waals surface area contributed by atoms with E-state index >= 15 is 0 Å². The smallest absolute Gasteiger partial charge is 0.268 e. The van der Waals surface area contributed by atoms with Crippen molar-refractivity contribution in [2.24, 2.45) is 0 Å². The van der Waals surface area contributed by atoms with Crippen LogP contribution < -0.4 is 10.1 Å². The van der Waals surface area contributed by atoms with Gasteiger partial charge in [-0.2, -0.15) is 0 Å². The maximum absolute atomic E-state index is 10.9. The van der Waals surface area contributed by atoms with Gasteiger partial charge in [-0.15, -0.1) is 11.3 Å². The van der Waals surface area contributed by atoms with Crippen LogP contribution in [0, 0.1) is 0 Å². The molecule has 11 heteroatoms. The highest BCUT2D eigenvalue weighted by Crippen LogP contribution is 2.52. The van der Waals surface area contributed by atoms with Gasteiger partial charge in [-0.1, -0.05) is 6.07 Å². The summed E-state index contributed by atoms with van der Waals surface area (Å²) in [6.45, 7) is 0.241. The first-order valence-electron chi connectivity index (χ1n) is 10.7. The van der Waals surface area contributed by atoms with E-state index in [9.17, 15) is 30.6 Å². The lowest BCUT2D eigenvalue weighted by atomic mass is 9.67. The Bertz CT molecular complexity index is 966. The fraction of sp³-hybridized carbons (Fsp3) is 0.591. The molecule has 0 aromatic carbocycles. The van der Waals surface area contributed by atoms with Gasteiger partial charge in [0.05, 0.1) is 12.7 Å². The van der Waals surface area contributed by atoms with Crippen LogP contribution in [0.2, 0.25) is 0 Å². The standard InChI is InChI=1S/C22H30N2O8S/c1-31-15-5-11-33-17(15)22(29,30)24-21(27,28)13-18(16-4-2-3-9-23-16)8-10-32-19(12-18)6-7-20(25,26)14-19/h2-5,9,11,24-30H,6-8,10,12-14H2,1H3/t18-,19?/m1/s1. The Morgan fingerprint density at radius 2 is 1.91 bits per heavy atom. The predicted octanol–water partition coefficient (Wildman–Crippen LogP) is 0.217. The first-order valence-corrected chi connectivity index (χ1v) is 11.6. The van der Waals surface area contributed by atoms with Crippen molar-refractivity contribution in [3.8, 4) is 5.75 Å². The second kappa shape index (κ2) is 8.52. The van der Waals surface area contributed by atoms with Crippen molar-refractivity contribution >= 4 is 11.3 Å². The minimum Gasteiger partial charge on any atom is -0.495 e. The number of aliphatic hydroxyl groups is 6. The number of nitrogens with one attached hydrogen (secondary N) is 1. The van der Waals surface area contributed by atoms with E-state index in [2.05, 4.69) is 10.3 Å². The van der Waals surface area contributed by atoms with Gasteiger partial charge in [0.2, 0.25) is 5.91 Å². The molecule has 4 rings (SSSR count). The van der Waals surface area contributed by atoms with Crippen LogP contribution in [-0.2, 0) is 16.1 Å². The lowest BCUT2D eigenvalue weighted by Gasteiger charge is -2.48. The van der Waals surface area contributed by atoms with Crippen LogP contribution in [0.4, 0.5) is 0 Å². The Morgan fingerprint density at radius 3 is 2.55 bits per heavy atom. The van der Waals surface area contributed by atoms with Crippen molar-refractivity contribution in [2.75, 3.05) is 13.7 Å². The predicted molar refractivity (Wildman–Crippen MR) is 117 cm³/mol.